The van der Waals surface area contributed by atoms with Gasteiger partial charge in [0.15, 0.2) is 20.0 Å². The third-order valence-electron chi connectivity index (χ3n) is 5.09. The molecular weight excluding hydrogens is 573 g/mol. The molecule has 0 atom stereocenters. The van der Waals surface area contributed by atoms with Gasteiger partial charge < -0.3 is 16.9 Å². The predicted molar refractivity (Wildman–Crippen MR) is 135 cm³/mol. The summed E-state index contributed by atoms with van der Waals surface area (Å²) in [4.78, 5) is 0. The van der Waals surface area contributed by atoms with Crippen LogP contribution in [-0.4, -0.2) is 45.2 Å². The van der Waals surface area contributed by atoms with Gasteiger partial charge in [-0.25, -0.2) is 16.8 Å². The summed E-state index contributed by atoms with van der Waals surface area (Å²) >= 11 is 0. The van der Waals surface area contributed by atoms with Crippen LogP contribution in [0.25, 0.3) is 42.1 Å². The zero-order valence-corrected chi connectivity index (χ0v) is 21.9. The normalized spacial score (nSPS) is 12.5. The van der Waals surface area contributed by atoms with Crippen molar-refractivity contribution < 1.29 is 43.2 Å². The van der Waals surface area contributed by atoms with Gasteiger partial charge in [0.1, 0.15) is 0 Å². The number of benzene rings is 4. The van der Waals surface area contributed by atoms with E-state index in [-0.39, 0.29) is 46.7 Å². The number of alkyl halides is 6. The fourth-order valence-corrected chi connectivity index (χ4v) is 4.59. The van der Waals surface area contributed by atoms with Gasteiger partial charge in [0.2, 0.25) is 0 Å². The molecule has 4 rings (SSSR count). The van der Waals surface area contributed by atoms with Crippen molar-refractivity contribution in [1.29, 1.82) is 0 Å². The minimum Gasteiger partial charge on any atom is -0.569 e. The summed E-state index contributed by atoms with van der Waals surface area (Å²) in [6, 6.07) is 16.3. The van der Waals surface area contributed by atoms with Crippen molar-refractivity contribution in [3.8, 4) is 11.1 Å². The summed E-state index contributed by atoms with van der Waals surface area (Å²) in [6.45, 7) is 0. The molecule has 0 radical (unpaired) electrons. The number of nitrogens with zero attached hydrogens (tertiary/aromatic N) is 2. The van der Waals surface area contributed by atoms with E-state index in [1.807, 2.05) is 0 Å². The van der Waals surface area contributed by atoms with Crippen molar-refractivity contribution in [2.24, 2.45) is 0 Å². The maximum Gasteiger partial charge on any atom is 3.00 e. The molecule has 15 heteroatoms. The smallest absolute Gasteiger partial charge is 0.569 e. The van der Waals surface area contributed by atoms with Crippen molar-refractivity contribution in [2.75, 3.05) is 0 Å². The molecule has 0 aliphatic rings. The van der Waals surface area contributed by atoms with Crippen molar-refractivity contribution >= 4 is 70.3 Å². The van der Waals surface area contributed by atoms with E-state index in [0.717, 1.165) is 12.1 Å². The van der Waals surface area contributed by atoms with Gasteiger partial charge in [0.25, 0.3) is 0 Å². The molecule has 0 fully saturated rings. The third-order valence-corrected chi connectivity index (χ3v) is 7.13. The molecule has 6 nitrogen and oxygen atoms in total. The van der Waals surface area contributed by atoms with Crippen LogP contribution in [0, 0.1) is 7.43 Å². The fraction of sp³-hybridized carbons (Fsp3) is 0.0870. The minimum atomic E-state index is -6.08. The van der Waals surface area contributed by atoms with Gasteiger partial charge in [-0.2, -0.15) is 26.3 Å². The van der Waals surface area contributed by atoms with E-state index in [9.17, 15) is 43.2 Å². The Hall–Kier alpha value is -2.99. The van der Waals surface area contributed by atoms with Crippen LogP contribution in [-0.2, 0) is 20.0 Å². The summed E-state index contributed by atoms with van der Waals surface area (Å²) in [7, 11) is -12.2. The summed E-state index contributed by atoms with van der Waals surface area (Å²) in [5, 5.41) is 0.948. The summed E-state index contributed by atoms with van der Waals surface area (Å²) < 4.78 is 132. The van der Waals surface area contributed by atoms with E-state index in [1.165, 1.54) is 48.5 Å². The van der Waals surface area contributed by atoms with Crippen molar-refractivity contribution in [2.45, 2.75) is 11.0 Å². The first-order valence-electron chi connectivity index (χ1n) is 9.75. The Morgan fingerprint density at radius 2 is 0.842 bits per heavy atom. The summed E-state index contributed by atoms with van der Waals surface area (Å²) in [6.07, 6.45) is 0. The molecule has 0 saturated heterocycles. The largest absolute Gasteiger partial charge is 3.00 e. The van der Waals surface area contributed by atoms with E-state index in [0.29, 0.717) is 10.8 Å². The molecule has 0 N–H and O–H groups in total. The third kappa shape index (κ3) is 5.70. The Morgan fingerprint density at radius 1 is 0.526 bits per heavy atom. The van der Waals surface area contributed by atoms with Crippen molar-refractivity contribution in [1.82, 2.24) is 0 Å². The van der Waals surface area contributed by atoms with E-state index >= 15 is 0 Å². The van der Waals surface area contributed by atoms with Gasteiger partial charge in [-0.3, -0.25) is 0 Å². The molecule has 0 saturated carbocycles. The van der Waals surface area contributed by atoms with E-state index in [4.69, 9.17) is 0 Å². The molecule has 198 valence electrons. The molecule has 4 aromatic rings. The number of sulfonamides is 2. The average Bonchev–Trinajstić information content (AvgIpc) is 2.77. The second-order valence-corrected chi connectivity index (χ2v) is 10.6. The van der Waals surface area contributed by atoms with Gasteiger partial charge >= 0.3 is 28.4 Å². The summed E-state index contributed by atoms with van der Waals surface area (Å²) in [5.74, 6) is 0. The number of hydrogen-bond acceptors (Lipinski definition) is 4. The van der Waals surface area contributed by atoms with Crippen LogP contribution in [0.1, 0.15) is 0 Å². The molecule has 0 spiro atoms. The van der Waals surface area contributed by atoms with E-state index in [1.54, 1.807) is 12.1 Å². The van der Waals surface area contributed by atoms with Crippen molar-refractivity contribution in [3.63, 3.8) is 0 Å². The standard InChI is InChI=1S/C22H12F6N2O4S2.CH3.Al/c23-21(24,25)35(31,32)29-17-11-9-13-5-1-3-7-15(13)19(17)20-16-8-4-2-6-14(16)10-12-18(20)30-36(33,34)22(26,27)28;;/h1-12H;1H3;/q-2;-1;+3. The predicted octanol–water partition coefficient (Wildman–Crippen LogP) is 7.44. The van der Waals surface area contributed by atoms with E-state index in [2.05, 4.69) is 9.44 Å². The van der Waals surface area contributed by atoms with Gasteiger partial charge in [-0.1, -0.05) is 72.8 Å². The van der Waals surface area contributed by atoms with Crippen LogP contribution >= 0.6 is 0 Å². The van der Waals surface area contributed by atoms with Crippen LogP contribution in [0.15, 0.2) is 72.8 Å². The van der Waals surface area contributed by atoms with Gasteiger partial charge in [0, 0.05) is 0 Å². The minimum absolute atomic E-state index is 0. The second kappa shape index (κ2) is 10.6. The van der Waals surface area contributed by atoms with Crippen LogP contribution < -0.4 is 0 Å². The van der Waals surface area contributed by atoms with Gasteiger partial charge in [-0.15, -0.1) is 11.4 Å². The Balaban J connectivity index is 0.00000253. The topological polar surface area (TPSA) is 96.5 Å². The fourth-order valence-electron chi connectivity index (χ4n) is 3.56. The SMILES string of the molecule is O=S(=O)([N-]c1ccc2ccccc2c1-c1c([N-]S(=O)(=O)C(F)(F)F)ccc2ccccc12)C(F)(F)F.[Al+3].[CH3-]. The van der Waals surface area contributed by atoms with Gasteiger partial charge in [0.05, 0.1) is 0 Å². The molecule has 0 aliphatic heterocycles. The molecule has 0 aliphatic carbocycles. The molecular formula is C23H15AlF6N2O4S2. The molecule has 0 amide bonds. The Morgan fingerprint density at radius 3 is 1.16 bits per heavy atom. The maximum absolute atomic E-state index is 13.1. The number of halogens is 6. The quantitative estimate of drug-likeness (QED) is 0.138. The van der Waals surface area contributed by atoms with Crippen LogP contribution in [0.2, 0.25) is 0 Å². The molecule has 4 aromatic carbocycles. The Labute approximate surface area is 224 Å². The van der Waals surface area contributed by atoms with Crippen LogP contribution in [0.4, 0.5) is 37.7 Å². The van der Waals surface area contributed by atoms with Crippen LogP contribution in [0.5, 0.6) is 0 Å². The molecule has 0 unspecified atom stereocenters. The second-order valence-electron chi connectivity index (χ2n) is 7.39. The zero-order valence-electron chi connectivity index (χ0n) is 19.1. The van der Waals surface area contributed by atoms with Crippen LogP contribution in [0.3, 0.4) is 0 Å². The first-order chi connectivity index (χ1) is 16.6. The Kier molecular flexibility index (Phi) is 8.75. The number of hydrogen-bond donors (Lipinski definition) is 0. The first kappa shape index (κ1) is 31.2. The summed E-state index contributed by atoms with van der Waals surface area (Å²) in [5.41, 5.74) is -13.7. The monoisotopic (exact) mass is 588 g/mol. The molecule has 0 aromatic heterocycles. The first-order valence-corrected chi connectivity index (χ1v) is 12.6. The van der Waals surface area contributed by atoms with Crippen molar-refractivity contribution in [3.05, 3.63) is 89.7 Å². The zero-order chi connectivity index (χ0) is 26.5. The van der Waals surface area contributed by atoms with Gasteiger partial charge in [-0.05, 0) is 32.7 Å². The molecule has 38 heavy (non-hydrogen) atoms. The number of rotatable bonds is 5. The van der Waals surface area contributed by atoms with E-state index < -0.39 is 42.4 Å². The Bertz CT molecular complexity index is 1580. The average molecular weight is 588 g/mol. The molecule has 0 bridgehead atoms. The molecule has 0 heterocycles. The number of fused-ring (bicyclic) bond motifs is 2. The maximum atomic E-state index is 13.1.